The van der Waals surface area contributed by atoms with Crippen LogP contribution in [0.4, 0.5) is 9.59 Å². The Morgan fingerprint density at radius 3 is 1.42 bits per heavy atom. The van der Waals surface area contributed by atoms with Crippen molar-refractivity contribution < 1.29 is 19.1 Å². The molecule has 0 saturated carbocycles. The number of carbonyl (C=O) groups is 2. The van der Waals surface area contributed by atoms with Gasteiger partial charge in [-0.1, -0.05) is 24.3 Å². The molecule has 0 aliphatic heterocycles. The Bertz CT molecular complexity index is 520. The Morgan fingerprint density at radius 2 is 1.12 bits per heavy atom. The SMILES string of the molecule is CC(C)(C)OC(=O)NCc1ccccc1CNC(=O)OC(C)(C)C. The molecule has 1 rings (SSSR count). The highest BCUT2D eigenvalue weighted by Crippen LogP contribution is 2.11. The second kappa shape index (κ2) is 8.04. The topological polar surface area (TPSA) is 76.7 Å². The van der Waals surface area contributed by atoms with Crippen molar-refractivity contribution in [1.82, 2.24) is 10.6 Å². The van der Waals surface area contributed by atoms with Gasteiger partial charge in [-0.25, -0.2) is 9.59 Å². The number of amides is 2. The molecule has 0 bridgehead atoms. The predicted molar refractivity (Wildman–Crippen MR) is 92.6 cm³/mol. The molecule has 2 N–H and O–H groups in total. The molecule has 0 heterocycles. The van der Waals surface area contributed by atoms with E-state index in [9.17, 15) is 9.59 Å². The summed E-state index contributed by atoms with van der Waals surface area (Å²) < 4.78 is 10.4. The second-order valence-electron chi connectivity index (χ2n) is 7.48. The zero-order valence-electron chi connectivity index (χ0n) is 15.4. The van der Waals surface area contributed by atoms with Crippen LogP contribution in [0.1, 0.15) is 52.7 Å². The van der Waals surface area contributed by atoms with Gasteiger partial charge in [0.1, 0.15) is 11.2 Å². The van der Waals surface area contributed by atoms with E-state index < -0.39 is 23.4 Å². The number of benzene rings is 1. The molecule has 2 amide bonds. The Morgan fingerprint density at radius 1 is 0.792 bits per heavy atom. The lowest BCUT2D eigenvalue weighted by Gasteiger charge is -2.21. The summed E-state index contributed by atoms with van der Waals surface area (Å²) in [5.41, 5.74) is 0.725. The van der Waals surface area contributed by atoms with Crippen LogP contribution in [-0.2, 0) is 22.6 Å². The highest BCUT2D eigenvalue weighted by atomic mass is 16.6. The Labute approximate surface area is 143 Å². The first-order valence-corrected chi connectivity index (χ1v) is 7.97. The van der Waals surface area contributed by atoms with Crippen molar-refractivity contribution >= 4 is 12.2 Å². The molecule has 24 heavy (non-hydrogen) atoms. The number of hydrogen-bond acceptors (Lipinski definition) is 4. The lowest BCUT2D eigenvalue weighted by Crippen LogP contribution is -2.33. The van der Waals surface area contributed by atoms with Crippen LogP contribution in [0.5, 0.6) is 0 Å². The van der Waals surface area contributed by atoms with Crippen LogP contribution in [0, 0.1) is 0 Å². The summed E-state index contributed by atoms with van der Waals surface area (Å²) in [5, 5.41) is 5.43. The standard InChI is InChI=1S/C18H28N2O4/c1-17(2,3)23-15(21)19-11-13-9-7-8-10-14(13)12-20-16(22)24-18(4,5)6/h7-10H,11-12H2,1-6H3,(H,19,21)(H,20,22). The van der Waals surface area contributed by atoms with E-state index in [0.29, 0.717) is 13.1 Å². The van der Waals surface area contributed by atoms with Crippen LogP contribution in [0.15, 0.2) is 24.3 Å². The van der Waals surface area contributed by atoms with Crippen molar-refractivity contribution in [2.75, 3.05) is 0 Å². The van der Waals surface area contributed by atoms with Crippen molar-refractivity contribution in [2.24, 2.45) is 0 Å². The van der Waals surface area contributed by atoms with Gasteiger partial charge in [0.2, 0.25) is 0 Å². The Balaban J connectivity index is 2.59. The van der Waals surface area contributed by atoms with Crippen molar-refractivity contribution in [2.45, 2.75) is 65.8 Å². The van der Waals surface area contributed by atoms with Gasteiger partial charge in [-0.15, -0.1) is 0 Å². The van der Waals surface area contributed by atoms with Crippen LogP contribution in [0.2, 0.25) is 0 Å². The van der Waals surface area contributed by atoms with Gasteiger partial charge in [-0.05, 0) is 52.7 Å². The van der Waals surface area contributed by atoms with Crippen molar-refractivity contribution in [3.05, 3.63) is 35.4 Å². The molecule has 0 saturated heterocycles. The summed E-state index contributed by atoms with van der Waals surface area (Å²) in [4.78, 5) is 23.5. The van der Waals surface area contributed by atoms with E-state index in [4.69, 9.17) is 9.47 Å². The largest absolute Gasteiger partial charge is 0.444 e. The molecule has 0 aliphatic carbocycles. The molecule has 0 spiro atoms. The smallest absolute Gasteiger partial charge is 0.407 e. The summed E-state index contributed by atoms with van der Waals surface area (Å²) in [6.07, 6.45) is -0.949. The quantitative estimate of drug-likeness (QED) is 0.878. The first kappa shape index (κ1) is 19.8. The molecule has 0 unspecified atom stereocenters. The molecular formula is C18H28N2O4. The van der Waals surface area contributed by atoms with Crippen LogP contribution in [-0.4, -0.2) is 23.4 Å². The second-order valence-corrected chi connectivity index (χ2v) is 7.48. The van der Waals surface area contributed by atoms with Gasteiger partial charge in [0, 0.05) is 13.1 Å². The normalized spacial score (nSPS) is 11.6. The van der Waals surface area contributed by atoms with Crippen molar-refractivity contribution in [3.8, 4) is 0 Å². The van der Waals surface area contributed by atoms with E-state index in [-0.39, 0.29) is 0 Å². The van der Waals surface area contributed by atoms with E-state index in [0.717, 1.165) is 11.1 Å². The monoisotopic (exact) mass is 336 g/mol. The predicted octanol–water partition coefficient (Wildman–Crippen LogP) is 3.74. The Hall–Kier alpha value is -2.24. The molecule has 0 aromatic heterocycles. The van der Waals surface area contributed by atoms with E-state index in [1.807, 2.05) is 65.8 Å². The van der Waals surface area contributed by atoms with Crippen molar-refractivity contribution in [3.63, 3.8) is 0 Å². The van der Waals surface area contributed by atoms with Gasteiger partial charge in [0.25, 0.3) is 0 Å². The van der Waals surface area contributed by atoms with Crippen LogP contribution in [0.25, 0.3) is 0 Å². The molecule has 1 aromatic rings. The third-order valence-electron chi connectivity index (χ3n) is 2.76. The number of alkyl carbamates (subject to hydrolysis) is 2. The number of ether oxygens (including phenoxy) is 2. The van der Waals surface area contributed by atoms with Gasteiger partial charge in [0.05, 0.1) is 0 Å². The Kier molecular flexibility index (Phi) is 6.63. The van der Waals surface area contributed by atoms with E-state index in [2.05, 4.69) is 10.6 Å². The average Bonchev–Trinajstić information content (AvgIpc) is 2.40. The first-order chi connectivity index (χ1) is 11.0. The maximum absolute atomic E-state index is 11.7. The average molecular weight is 336 g/mol. The highest BCUT2D eigenvalue weighted by Gasteiger charge is 2.17. The van der Waals surface area contributed by atoms with Gasteiger partial charge in [-0.3, -0.25) is 0 Å². The van der Waals surface area contributed by atoms with E-state index >= 15 is 0 Å². The molecule has 134 valence electrons. The number of nitrogens with one attached hydrogen (secondary N) is 2. The van der Waals surface area contributed by atoms with E-state index in [1.165, 1.54) is 0 Å². The van der Waals surface area contributed by atoms with Crippen molar-refractivity contribution in [1.29, 1.82) is 0 Å². The zero-order chi connectivity index (χ0) is 18.4. The fraction of sp³-hybridized carbons (Fsp3) is 0.556. The molecule has 0 aliphatic rings. The summed E-state index contributed by atoms with van der Waals surface area (Å²) in [6, 6.07) is 7.54. The molecule has 0 fully saturated rings. The summed E-state index contributed by atoms with van der Waals surface area (Å²) in [5.74, 6) is 0. The van der Waals surface area contributed by atoms with Gasteiger partial charge in [0.15, 0.2) is 0 Å². The van der Waals surface area contributed by atoms with Gasteiger partial charge < -0.3 is 20.1 Å². The minimum absolute atomic E-state index is 0.321. The summed E-state index contributed by atoms with van der Waals surface area (Å²) in [6.45, 7) is 11.5. The third-order valence-corrected chi connectivity index (χ3v) is 2.76. The highest BCUT2D eigenvalue weighted by molar-refractivity contribution is 5.68. The summed E-state index contributed by atoms with van der Waals surface area (Å²) in [7, 11) is 0. The lowest BCUT2D eigenvalue weighted by molar-refractivity contribution is 0.0508. The van der Waals surface area contributed by atoms with E-state index in [1.54, 1.807) is 0 Å². The first-order valence-electron chi connectivity index (χ1n) is 7.97. The minimum atomic E-state index is -0.540. The zero-order valence-corrected chi connectivity index (χ0v) is 15.4. The summed E-state index contributed by atoms with van der Waals surface area (Å²) >= 11 is 0. The maximum Gasteiger partial charge on any atom is 0.407 e. The lowest BCUT2D eigenvalue weighted by atomic mass is 10.1. The molecule has 1 aromatic carbocycles. The number of carbonyl (C=O) groups excluding carboxylic acids is 2. The third kappa shape index (κ3) is 8.41. The van der Waals surface area contributed by atoms with Crippen LogP contribution < -0.4 is 10.6 Å². The van der Waals surface area contributed by atoms with Gasteiger partial charge in [-0.2, -0.15) is 0 Å². The molecule has 0 radical (unpaired) electrons. The fourth-order valence-electron chi connectivity index (χ4n) is 1.87. The fourth-order valence-corrected chi connectivity index (χ4v) is 1.87. The number of rotatable bonds is 4. The molecular weight excluding hydrogens is 308 g/mol. The number of hydrogen-bond donors (Lipinski definition) is 2. The van der Waals surface area contributed by atoms with Crippen LogP contribution in [0.3, 0.4) is 0 Å². The molecule has 6 heteroatoms. The van der Waals surface area contributed by atoms with Crippen LogP contribution >= 0.6 is 0 Å². The molecule has 6 nitrogen and oxygen atoms in total. The minimum Gasteiger partial charge on any atom is -0.444 e. The maximum atomic E-state index is 11.7. The molecule has 0 atom stereocenters. The van der Waals surface area contributed by atoms with Gasteiger partial charge >= 0.3 is 12.2 Å².